The van der Waals surface area contributed by atoms with Crippen LogP contribution in [-0.2, 0) is 6.42 Å². The van der Waals surface area contributed by atoms with Crippen LogP contribution < -0.4 is 10.6 Å². The first-order chi connectivity index (χ1) is 10.1. The normalized spacial score (nSPS) is 13.2. The van der Waals surface area contributed by atoms with Gasteiger partial charge in [0.1, 0.15) is 5.82 Å². The molecule has 0 bridgehead atoms. The average Bonchev–Trinajstić information content (AvgIpc) is 2.47. The number of anilines is 2. The van der Waals surface area contributed by atoms with E-state index >= 15 is 0 Å². The average molecular weight is 284 g/mol. The number of amides is 1. The molecule has 21 heavy (non-hydrogen) atoms. The topological polar surface area (TPSA) is 41.1 Å². The molecule has 1 aliphatic heterocycles. The summed E-state index contributed by atoms with van der Waals surface area (Å²) in [5.41, 5.74) is 4.11. The quantitative estimate of drug-likeness (QED) is 0.882. The van der Waals surface area contributed by atoms with Crippen molar-refractivity contribution in [2.75, 3.05) is 17.2 Å². The molecule has 2 aromatic carbocycles. The van der Waals surface area contributed by atoms with Crippen molar-refractivity contribution in [2.45, 2.75) is 19.8 Å². The number of hydrogen-bond acceptors (Lipinski definition) is 2. The molecule has 2 aromatic rings. The summed E-state index contributed by atoms with van der Waals surface area (Å²) in [6.45, 7) is 2.65. The van der Waals surface area contributed by atoms with Crippen molar-refractivity contribution in [3.63, 3.8) is 0 Å². The molecule has 1 heterocycles. The summed E-state index contributed by atoms with van der Waals surface area (Å²) in [5.74, 6) is -0.545. The Morgan fingerprint density at radius 2 is 2.14 bits per heavy atom. The first-order valence-electron chi connectivity index (χ1n) is 7.08. The maximum absolute atomic E-state index is 13.1. The predicted molar refractivity (Wildman–Crippen MR) is 82.3 cm³/mol. The molecule has 108 valence electrons. The third kappa shape index (κ3) is 2.75. The standard InChI is InChI=1S/C17H17FN2O/c1-11-10-13(18)7-8-14(11)17(21)20-15-6-2-4-12-5-3-9-19-16(12)15/h2,4,6-8,10,19H,3,5,9H2,1H3,(H,20,21). The van der Waals surface area contributed by atoms with Gasteiger partial charge in [-0.2, -0.15) is 0 Å². The molecule has 0 radical (unpaired) electrons. The molecule has 3 nitrogen and oxygen atoms in total. The van der Waals surface area contributed by atoms with E-state index in [0.717, 1.165) is 30.8 Å². The fourth-order valence-electron chi connectivity index (χ4n) is 2.69. The fraction of sp³-hybridized carbons (Fsp3) is 0.235. The maximum atomic E-state index is 13.1. The zero-order valence-corrected chi connectivity index (χ0v) is 11.9. The summed E-state index contributed by atoms with van der Waals surface area (Å²) < 4.78 is 13.1. The SMILES string of the molecule is Cc1cc(F)ccc1C(=O)Nc1cccc2c1NCCC2. The maximum Gasteiger partial charge on any atom is 0.255 e. The second kappa shape index (κ2) is 5.56. The lowest BCUT2D eigenvalue weighted by Crippen LogP contribution is -2.18. The van der Waals surface area contributed by atoms with E-state index in [1.165, 1.54) is 23.8 Å². The minimum absolute atomic E-state index is 0.215. The number of nitrogens with one attached hydrogen (secondary N) is 2. The number of benzene rings is 2. The summed E-state index contributed by atoms with van der Waals surface area (Å²) in [6.07, 6.45) is 2.11. The second-order valence-electron chi connectivity index (χ2n) is 5.28. The van der Waals surface area contributed by atoms with Gasteiger partial charge < -0.3 is 10.6 Å². The van der Waals surface area contributed by atoms with E-state index in [0.29, 0.717) is 11.1 Å². The highest BCUT2D eigenvalue weighted by molar-refractivity contribution is 6.07. The van der Waals surface area contributed by atoms with Crippen molar-refractivity contribution >= 4 is 17.3 Å². The molecule has 1 amide bonds. The lowest BCUT2D eigenvalue weighted by molar-refractivity contribution is 0.102. The van der Waals surface area contributed by atoms with Crippen molar-refractivity contribution in [3.05, 3.63) is 58.9 Å². The molecule has 0 atom stereocenters. The molecule has 0 aliphatic carbocycles. The Kier molecular flexibility index (Phi) is 3.60. The van der Waals surface area contributed by atoms with Gasteiger partial charge in [-0.3, -0.25) is 4.79 Å². The number of carbonyl (C=O) groups excluding carboxylic acids is 1. The van der Waals surface area contributed by atoms with Crippen LogP contribution in [0.4, 0.5) is 15.8 Å². The van der Waals surface area contributed by atoms with E-state index in [2.05, 4.69) is 16.7 Å². The lowest BCUT2D eigenvalue weighted by atomic mass is 10.0. The summed E-state index contributed by atoms with van der Waals surface area (Å²) in [6, 6.07) is 10.1. The smallest absolute Gasteiger partial charge is 0.255 e. The van der Waals surface area contributed by atoms with Crippen LogP contribution in [-0.4, -0.2) is 12.5 Å². The summed E-state index contributed by atoms with van der Waals surface area (Å²) >= 11 is 0. The molecule has 0 aromatic heterocycles. The minimum atomic E-state index is -0.331. The number of halogens is 1. The van der Waals surface area contributed by atoms with Crippen LogP contribution in [0.5, 0.6) is 0 Å². The van der Waals surface area contributed by atoms with Gasteiger partial charge in [0, 0.05) is 12.1 Å². The van der Waals surface area contributed by atoms with E-state index < -0.39 is 0 Å². The molecule has 0 saturated heterocycles. The van der Waals surface area contributed by atoms with Crippen LogP contribution in [0.15, 0.2) is 36.4 Å². The molecule has 0 fully saturated rings. The first kappa shape index (κ1) is 13.6. The highest BCUT2D eigenvalue weighted by Crippen LogP contribution is 2.30. The molecule has 1 aliphatic rings. The van der Waals surface area contributed by atoms with Crippen LogP contribution in [0.2, 0.25) is 0 Å². The molecular weight excluding hydrogens is 267 g/mol. The third-order valence-corrected chi connectivity index (χ3v) is 3.76. The van der Waals surface area contributed by atoms with E-state index in [1.54, 1.807) is 6.92 Å². The lowest BCUT2D eigenvalue weighted by Gasteiger charge is -2.21. The van der Waals surface area contributed by atoms with Gasteiger partial charge in [0.25, 0.3) is 5.91 Å². The van der Waals surface area contributed by atoms with E-state index in [1.807, 2.05) is 12.1 Å². The van der Waals surface area contributed by atoms with Crippen LogP contribution in [0, 0.1) is 12.7 Å². The van der Waals surface area contributed by atoms with Crippen LogP contribution in [0.25, 0.3) is 0 Å². The number of para-hydroxylation sites is 1. The van der Waals surface area contributed by atoms with Crippen LogP contribution in [0.1, 0.15) is 27.9 Å². The summed E-state index contributed by atoms with van der Waals surface area (Å²) in [5, 5.41) is 6.26. The van der Waals surface area contributed by atoms with Gasteiger partial charge in [-0.1, -0.05) is 12.1 Å². The second-order valence-corrected chi connectivity index (χ2v) is 5.28. The first-order valence-corrected chi connectivity index (χ1v) is 7.08. The third-order valence-electron chi connectivity index (χ3n) is 3.76. The molecule has 0 spiro atoms. The number of carbonyl (C=O) groups is 1. The number of aryl methyl sites for hydroxylation is 2. The van der Waals surface area contributed by atoms with Crippen molar-refractivity contribution in [1.82, 2.24) is 0 Å². The van der Waals surface area contributed by atoms with Crippen LogP contribution >= 0.6 is 0 Å². The molecule has 0 saturated carbocycles. The highest BCUT2D eigenvalue weighted by atomic mass is 19.1. The van der Waals surface area contributed by atoms with Gasteiger partial charge in [0.15, 0.2) is 0 Å². The molecular formula is C17H17FN2O. The zero-order chi connectivity index (χ0) is 14.8. The predicted octanol–water partition coefficient (Wildman–Crippen LogP) is 3.74. The number of rotatable bonds is 2. The van der Waals surface area contributed by atoms with Gasteiger partial charge in [-0.05, 0) is 55.2 Å². The van der Waals surface area contributed by atoms with E-state index in [-0.39, 0.29) is 11.7 Å². The van der Waals surface area contributed by atoms with Crippen molar-refractivity contribution in [1.29, 1.82) is 0 Å². The Labute approximate surface area is 123 Å². The molecule has 4 heteroatoms. The Morgan fingerprint density at radius 3 is 2.95 bits per heavy atom. The highest BCUT2D eigenvalue weighted by Gasteiger charge is 2.16. The monoisotopic (exact) mass is 284 g/mol. The van der Waals surface area contributed by atoms with Crippen molar-refractivity contribution < 1.29 is 9.18 Å². The van der Waals surface area contributed by atoms with Crippen LogP contribution in [0.3, 0.4) is 0 Å². The van der Waals surface area contributed by atoms with Crippen molar-refractivity contribution in [2.24, 2.45) is 0 Å². The Morgan fingerprint density at radius 1 is 1.29 bits per heavy atom. The Balaban J connectivity index is 1.88. The number of fused-ring (bicyclic) bond motifs is 1. The molecule has 3 rings (SSSR count). The van der Waals surface area contributed by atoms with E-state index in [4.69, 9.17) is 0 Å². The fourth-order valence-corrected chi connectivity index (χ4v) is 2.69. The van der Waals surface area contributed by atoms with Crippen molar-refractivity contribution in [3.8, 4) is 0 Å². The summed E-state index contributed by atoms with van der Waals surface area (Å²) in [4.78, 5) is 12.4. The van der Waals surface area contributed by atoms with Gasteiger partial charge in [-0.25, -0.2) is 4.39 Å². The Hall–Kier alpha value is -2.36. The van der Waals surface area contributed by atoms with E-state index in [9.17, 15) is 9.18 Å². The zero-order valence-electron chi connectivity index (χ0n) is 11.9. The largest absolute Gasteiger partial charge is 0.383 e. The van der Waals surface area contributed by atoms with Gasteiger partial charge >= 0.3 is 0 Å². The molecule has 2 N–H and O–H groups in total. The van der Waals surface area contributed by atoms with Gasteiger partial charge in [0.05, 0.1) is 11.4 Å². The number of hydrogen-bond donors (Lipinski definition) is 2. The van der Waals surface area contributed by atoms with Gasteiger partial charge in [-0.15, -0.1) is 0 Å². The molecule has 0 unspecified atom stereocenters. The summed E-state index contributed by atoms with van der Waals surface area (Å²) in [7, 11) is 0. The van der Waals surface area contributed by atoms with Gasteiger partial charge in [0.2, 0.25) is 0 Å². The Bertz CT molecular complexity index is 697. The minimum Gasteiger partial charge on any atom is -0.383 e.